The number of nitrogens with zero attached hydrogens (tertiary/aromatic N) is 2. The van der Waals surface area contributed by atoms with Gasteiger partial charge in [0.05, 0.1) is 11.0 Å². The predicted octanol–water partition coefficient (Wildman–Crippen LogP) is 2.12. The number of aromatic nitrogens is 1. The molecule has 5 heteroatoms. The van der Waals surface area contributed by atoms with Gasteiger partial charge in [0.2, 0.25) is 0 Å². The number of anilines is 1. The molecule has 0 amide bonds. The van der Waals surface area contributed by atoms with E-state index < -0.39 is 4.92 Å². The molecule has 1 aromatic rings. The number of nitro groups is 1. The van der Waals surface area contributed by atoms with Gasteiger partial charge in [-0.2, -0.15) is 0 Å². The van der Waals surface area contributed by atoms with Crippen LogP contribution in [0.1, 0.15) is 18.9 Å². The van der Waals surface area contributed by atoms with Crippen LogP contribution in [-0.2, 0) is 0 Å². The third-order valence-corrected chi connectivity index (χ3v) is 2.09. The highest BCUT2D eigenvalue weighted by atomic mass is 16.6. The summed E-state index contributed by atoms with van der Waals surface area (Å²) in [5.41, 5.74) is 0.602. The summed E-state index contributed by atoms with van der Waals surface area (Å²) in [6, 6.07) is 1.46. The zero-order valence-electron chi connectivity index (χ0n) is 9.23. The molecule has 1 rings (SSSR count). The lowest BCUT2D eigenvalue weighted by atomic mass is 10.2. The Labute approximate surface area is 94.0 Å². The lowest BCUT2D eigenvalue weighted by Crippen LogP contribution is -2.15. The number of hydrogen-bond donors (Lipinski definition) is 1. The molecule has 0 saturated heterocycles. The average molecular weight is 219 g/mol. The Kier molecular flexibility index (Phi) is 3.84. The molecule has 0 bridgehead atoms. The van der Waals surface area contributed by atoms with Gasteiger partial charge in [0.1, 0.15) is 5.82 Å². The van der Waals surface area contributed by atoms with E-state index in [1.807, 2.05) is 6.92 Å². The minimum absolute atomic E-state index is 0.0415. The number of pyridine rings is 1. The van der Waals surface area contributed by atoms with Gasteiger partial charge in [-0.15, -0.1) is 12.3 Å². The lowest BCUT2D eigenvalue weighted by Gasteiger charge is -2.11. The zero-order chi connectivity index (χ0) is 12.1. The summed E-state index contributed by atoms with van der Waals surface area (Å²) in [5, 5.41) is 13.7. The van der Waals surface area contributed by atoms with E-state index in [0.717, 1.165) is 0 Å². The number of terminal acetylenes is 1. The van der Waals surface area contributed by atoms with Crippen molar-refractivity contribution >= 4 is 11.5 Å². The second kappa shape index (κ2) is 5.12. The van der Waals surface area contributed by atoms with Crippen molar-refractivity contribution in [1.29, 1.82) is 0 Å². The lowest BCUT2D eigenvalue weighted by molar-refractivity contribution is -0.385. The molecule has 16 heavy (non-hydrogen) atoms. The van der Waals surface area contributed by atoms with Crippen LogP contribution in [-0.4, -0.2) is 15.9 Å². The maximum atomic E-state index is 10.7. The molecule has 0 spiro atoms. The van der Waals surface area contributed by atoms with Gasteiger partial charge in [0, 0.05) is 24.2 Å². The van der Waals surface area contributed by atoms with Crippen molar-refractivity contribution in [2.24, 2.45) is 0 Å². The highest BCUT2D eigenvalue weighted by molar-refractivity contribution is 5.49. The Morgan fingerprint density at radius 2 is 2.44 bits per heavy atom. The molecule has 0 aliphatic carbocycles. The Morgan fingerprint density at radius 1 is 1.75 bits per heavy atom. The van der Waals surface area contributed by atoms with E-state index in [-0.39, 0.29) is 11.7 Å². The van der Waals surface area contributed by atoms with E-state index in [4.69, 9.17) is 6.42 Å². The molecule has 0 aromatic carbocycles. The summed E-state index contributed by atoms with van der Waals surface area (Å²) in [6.45, 7) is 3.55. The molecule has 1 atom stereocenters. The predicted molar refractivity (Wildman–Crippen MR) is 62.2 cm³/mol. The van der Waals surface area contributed by atoms with Crippen molar-refractivity contribution in [3.8, 4) is 12.3 Å². The number of hydrogen-bond acceptors (Lipinski definition) is 4. The molecule has 1 aromatic heterocycles. The van der Waals surface area contributed by atoms with Crippen molar-refractivity contribution < 1.29 is 4.92 Å². The van der Waals surface area contributed by atoms with Crippen molar-refractivity contribution in [3.63, 3.8) is 0 Å². The average Bonchev–Trinajstić information content (AvgIpc) is 2.21. The van der Waals surface area contributed by atoms with E-state index in [2.05, 4.69) is 16.2 Å². The van der Waals surface area contributed by atoms with Crippen LogP contribution >= 0.6 is 0 Å². The fourth-order valence-corrected chi connectivity index (χ4v) is 1.27. The minimum atomic E-state index is -0.423. The van der Waals surface area contributed by atoms with E-state index in [1.54, 1.807) is 6.92 Å². The molecule has 0 aliphatic heterocycles. The smallest absolute Gasteiger partial charge is 0.277 e. The monoisotopic (exact) mass is 219 g/mol. The molecular formula is C11H13N3O2. The second-order valence-corrected chi connectivity index (χ2v) is 3.57. The molecule has 5 nitrogen and oxygen atoms in total. The first-order valence-electron chi connectivity index (χ1n) is 4.85. The van der Waals surface area contributed by atoms with Crippen LogP contribution in [0, 0.1) is 29.4 Å². The molecule has 0 aliphatic rings. The van der Waals surface area contributed by atoms with Crippen LogP contribution in [0.4, 0.5) is 11.5 Å². The van der Waals surface area contributed by atoms with Gasteiger partial charge in [-0.05, 0) is 13.8 Å². The summed E-state index contributed by atoms with van der Waals surface area (Å²) < 4.78 is 0. The first-order valence-corrected chi connectivity index (χ1v) is 4.85. The Hall–Kier alpha value is -2.09. The third-order valence-electron chi connectivity index (χ3n) is 2.09. The summed E-state index contributed by atoms with van der Waals surface area (Å²) in [4.78, 5) is 14.3. The van der Waals surface area contributed by atoms with Crippen LogP contribution in [0.3, 0.4) is 0 Å². The molecule has 84 valence electrons. The van der Waals surface area contributed by atoms with E-state index in [9.17, 15) is 10.1 Å². The zero-order valence-corrected chi connectivity index (χ0v) is 9.23. The largest absolute Gasteiger partial charge is 0.366 e. The minimum Gasteiger partial charge on any atom is -0.366 e. The number of nitrogens with one attached hydrogen (secondary N) is 1. The van der Waals surface area contributed by atoms with Crippen LogP contribution in [0.25, 0.3) is 0 Å². The molecule has 1 unspecified atom stereocenters. The van der Waals surface area contributed by atoms with Crippen LogP contribution in [0.2, 0.25) is 0 Å². The molecule has 1 N–H and O–H groups in total. The van der Waals surface area contributed by atoms with Crippen LogP contribution in [0.5, 0.6) is 0 Å². The van der Waals surface area contributed by atoms with E-state index in [0.29, 0.717) is 17.8 Å². The van der Waals surface area contributed by atoms with Crippen LogP contribution in [0.15, 0.2) is 12.3 Å². The van der Waals surface area contributed by atoms with Crippen molar-refractivity contribution in [2.45, 2.75) is 26.3 Å². The first kappa shape index (κ1) is 12.0. The summed E-state index contributed by atoms with van der Waals surface area (Å²) in [7, 11) is 0. The molecule has 0 radical (unpaired) electrons. The van der Waals surface area contributed by atoms with Gasteiger partial charge in [-0.25, -0.2) is 4.98 Å². The maximum Gasteiger partial charge on any atom is 0.277 e. The van der Waals surface area contributed by atoms with E-state index in [1.165, 1.54) is 12.3 Å². The molecule has 1 heterocycles. The Morgan fingerprint density at radius 3 is 3.00 bits per heavy atom. The van der Waals surface area contributed by atoms with Crippen LogP contribution < -0.4 is 5.32 Å². The molecular weight excluding hydrogens is 206 g/mol. The van der Waals surface area contributed by atoms with E-state index >= 15 is 0 Å². The molecule has 0 fully saturated rings. The van der Waals surface area contributed by atoms with Gasteiger partial charge in [-0.1, -0.05) is 0 Å². The third kappa shape index (κ3) is 2.95. The Bertz CT molecular complexity index is 437. The van der Waals surface area contributed by atoms with Crippen molar-refractivity contribution in [3.05, 3.63) is 27.9 Å². The fraction of sp³-hybridized carbons (Fsp3) is 0.364. The maximum absolute atomic E-state index is 10.7. The summed E-state index contributed by atoms with van der Waals surface area (Å²) >= 11 is 0. The van der Waals surface area contributed by atoms with Gasteiger partial charge < -0.3 is 5.32 Å². The van der Waals surface area contributed by atoms with Gasteiger partial charge >= 0.3 is 0 Å². The highest BCUT2D eigenvalue weighted by Gasteiger charge is 2.12. The SMILES string of the molecule is C#CCC(C)Nc1cc([N+](=O)[O-])c(C)cn1. The van der Waals surface area contributed by atoms with Crippen molar-refractivity contribution in [2.75, 3.05) is 5.32 Å². The summed E-state index contributed by atoms with van der Waals surface area (Å²) in [5.74, 6) is 2.98. The van der Waals surface area contributed by atoms with Gasteiger partial charge in [-0.3, -0.25) is 10.1 Å². The fourth-order valence-electron chi connectivity index (χ4n) is 1.27. The Balaban J connectivity index is 2.87. The van der Waals surface area contributed by atoms with Crippen molar-refractivity contribution in [1.82, 2.24) is 4.98 Å². The van der Waals surface area contributed by atoms with Gasteiger partial charge in [0.25, 0.3) is 5.69 Å². The highest BCUT2D eigenvalue weighted by Crippen LogP contribution is 2.20. The number of aryl methyl sites for hydroxylation is 1. The normalized spacial score (nSPS) is 11.6. The topological polar surface area (TPSA) is 68.1 Å². The van der Waals surface area contributed by atoms with Gasteiger partial charge in [0.15, 0.2) is 0 Å². The first-order chi connectivity index (χ1) is 7.54. The molecule has 0 saturated carbocycles. The number of rotatable bonds is 4. The second-order valence-electron chi connectivity index (χ2n) is 3.57. The quantitative estimate of drug-likeness (QED) is 0.478. The standard InChI is InChI=1S/C11H13N3O2/c1-4-5-9(3)13-11-6-10(14(15)16)8(2)7-12-11/h1,6-7,9H,5H2,2-3H3,(H,12,13). The summed E-state index contributed by atoms with van der Waals surface area (Å²) in [6.07, 6.45) is 7.19.